The first kappa shape index (κ1) is 38.7. The minimum absolute atomic E-state index is 0.0294. The van der Waals surface area contributed by atoms with Crippen molar-refractivity contribution >= 4 is 36.7 Å². The lowest BCUT2D eigenvalue weighted by Gasteiger charge is -2.42. The summed E-state index contributed by atoms with van der Waals surface area (Å²) in [6.07, 6.45) is 0. The van der Waals surface area contributed by atoms with Crippen molar-refractivity contribution in [2.45, 2.75) is 46.5 Å². The molecule has 0 atom stereocenters. The van der Waals surface area contributed by atoms with Gasteiger partial charge in [-0.25, -0.2) is 8.42 Å². The van der Waals surface area contributed by atoms with Gasteiger partial charge in [0.1, 0.15) is 0 Å². The summed E-state index contributed by atoms with van der Waals surface area (Å²) < 4.78 is 135. The van der Waals surface area contributed by atoms with Gasteiger partial charge >= 0.3 is 33.2 Å². The SMILES string of the molecule is O=C(OS(c1ccccc1)(c1ccccc1)c1ccccc1)C(F)(F)C(F)(F)C(F)(F)S(=O)(=O)OS(c1ccccc1)(c1ccccc1)c1ccccc1. The summed E-state index contributed by atoms with van der Waals surface area (Å²) in [7, 11) is -14.6. The van der Waals surface area contributed by atoms with E-state index >= 15 is 26.3 Å². The first-order chi connectivity index (χ1) is 25.7. The lowest BCUT2D eigenvalue weighted by Crippen LogP contribution is -2.61. The van der Waals surface area contributed by atoms with Crippen molar-refractivity contribution in [2.75, 3.05) is 0 Å². The maximum absolute atomic E-state index is 16.2. The summed E-state index contributed by atoms with van der Waals surface area (Å²) in [6, 6.07) is 43.4. The van der Waals surface area contributed by atoms with E-state index in [1.807, 2.05) is 0 Å². The molecular weight excluding hydrogens is 771 g/mol. The van der Waals surface area contributed by atoms with Crippen LogP contribution in [0, 0.1) is 0 Å². The molecular formula is C40H30F6O5S3. The van der Waals surface area contributed by atoms with Gasteiger partial charge in [0.05, 0.1) is 0 Å². The second-order valence-corrected chi connectivity index (χ2v) is 18.7. The van der Waals surface area contributed by atoms with Crippen LogP contribution in [-0.4, -0.2) is 31.5 Å². The Kier molecular flexibility index (Phi) is 10.8. The molecule has 0 unspecified atom stereocenters. The van der Waals surface area contributed by atoms with Crippen molar-refractivity contribution in [2.24, 2.45) is 0 Å². The Morgan fingerprint density at radius 1 is 0.407 bits per heavy atom. The number of rotatable bonds is 13. The van der Waals surface area contributed by atoms with Crippen molar-refractivity contribution in [3.63, 3.8) is 0 Å². The highest BCUT2D eigenvalue weighted by Gasteiger charge is 2.82. The normalized spacial score (nSPS) is 13.5. The van der Waals surface area contributed by atoms with Crippen LogP contribution >= 0.6 is 20.6 Å². The standard InChI is InChI=1S/C40H30F6O5S3/c41-38(42,37(47)50-52(31-19-7-1-8-20-31,32-21-9-2-10-22-32)33-23-11-3-12-24-33)39(43,44)40(45,46)54(48,49)51-53(34-25-13-4-14-26-34,35-27-15-5-16-28-35)36-29-17-6-18-30-36/h1-30H. The van der Waals surface area contributed by atoms with Crippen LogP contribution in [0.4, 0.5) is 26.3 Å². The second-order valence-electron chi connectivity index (χ2n) is 11.5. The molecule has 0 fully saturated rings. The summed E-state index contributed by atoms with van der Waals surface area (Å²) in [5, 5.41) is -6.71. The fourth-order valence-corrected chi connectivity index (χ4v) is 13.9. The Balaban J connectivity index is 1.47. The first-order valence-electron chi connectivity index (χ1n) is 16.0. The molecule has 54 heavy (non-hydrogen) atoms. The van der Waals surface area contributed by atoms with E-state index in [-0.39, 0.29) is 29.4 Å². The van der Waals surface area contributed by atoms with E-state index in [0.29, 0.717) is 0 Å². The highest BCUT2D eigenvalue weighted by atomic mass is 32.3. The van der Waals surface area contributed by atoms with Crippen LogP contribution < -0.4 is 0 Å². The zero-order valence-electron chi connectivity index (χ0n) is 27.9. The highest BCUT2D eigenvalue weighted by molar-refractivity contribution is 8.33. The molecule has 0 aliphatic heterocycles. The molecule has 14 heteroatoms. The maximum Gasteiger partial charge on any atom is 0.439 e. The van der Waals surface area contributed by atoms with Gasteiger partial charge in [-0.3, -0.25) is 0 Å². The van der Waals surface area contributed by atoms with Crippen LogP contribution in [0.1, 0.15) is 0 Å². The van der Waals surface area contributed by atoms with Crippen LogP contribution in [0.2, 0.25) is 0 Å². The van der Waals surface area contributed by atoms with Crippen molar-refractivity contribution < 1.29 is 47.4 Å². The molecule has 280 valence electrons. The summed E-state index contributed by atoms with van der Waals surface area (Å²) in [6.45, 7) is 0. The largest absolute Gasteiger partial charge is 0.439 e. The number of benzene rings is 6. The molecule has 6 rings (SSSR count). The summed E-state index contributed by atoms with van der Waals surface area (Å²) >= 11 is 0. The molecule has 0 aromatic heterocycles. The van der Waals surface area contributed by atoms with Gasteiger partial charge < -0.3 is 4.18 Å². The van der Waals surface area contributed by atoms with E-state index in [1.54, 1.807) is 18.2 Å². The number of hydrogen-bond donors (Lipinski definition) is 0. The summed E-state index contributed by atoms with van der Waals surface area (Å²) in [5.41, 5.74) is 0. The maximum atomic E-state index is 16.2. The van der Waals surface area contributed by atoms with Crippen molar-refractivity contribution in [3.8, 4) is 0 Å². The third-order valence-electron chi connectivity index (χ3n) is 8.17. The molecule has 0 spiro atoms. The van der Waals surface area contributed by atoms with Gasteiger partial charge in [-0.05, 0) is 93.4 Å². The van der Waals surface area contributed by atoms with Gasteiger partial charge in [0, 0.05) is 29.4 Å². The van der Waals surface area contributed by atoms with Crippen LogP contribution in [0.3, 0.4) is 0 Å². The predicted octanol–water partition coefficient (Wildman–Crippen LogP) is 11.5. The average molecular weight is 801 g/mol. The van der Waals surface area contributed by atoms with Crippen molar-refractivity contribution in [1.82, 2.24) is 0 Å². The molecule has 0 saturated carbocycles. The molecule has 6 aromatic rings. The molecule has 5 nitrogen and oxygen atoms in total. The van der Waals surface area contributed by atoms with Crippen LogP contribution in [0.15, 0.2) is 211 Å². The van der Waals surface area contributed by atoms with E-state index in [9.17, 15) is 13.2 Å². The monoisotopic (exact) mass is 800 g/mol. The summed E-state index contributed by atoms with van der Waals surface area (Å²) in [4.78, 5) is 13.7. The Bertz CT molecular complexity index is 2090. The number of alkyl halides is 6. The predicted molar refractivity (Wildman–Crippen MR) is 194 cm³/mol. The number of hydrogen-bond acceptors (Lipinski definition) is 5. The first-order valence-corrected chi connectivity index (χ1v) is 20.5. The number of carbonyl (C=O) groups is 1. The fourth-order valence-electron chi connectivity index (χ4n) is 5.56. The highest BCUT2D eigenvalue weighted by Crippen LogP contribution is 2.72. The minimum Gasteiger partial charge on any atom is -0.397 e. The Morgan fingerprint density at radius 2 is 0.648 bits per heavy atom. The zero-order valence-corrected chi connectivity index (χ0v) is 30.3. The Labute approximate surface area is 311 Å². The van der Waals surface area contributed by atoms with Gasteiger partial charge in [0.15, 0.2) is 0 Å². The third-order valence-corrected chi connectivity index (χ3v) is 16.6. The van der Waals surface area contributed by atoms with Crippen molar-refractivity contribution in [1.29, 1.82) is 0 Å². The van der Waals surface area contributed by atoms with Gasteiger partial charge in [-0.15, -0.1) is 0 Å². The van der Waals surface area contributed by atoms with E-state index in [0.717, 1.165) is 0 Å². The average Bonchev–Trinajstić information content (AvgIpc) is 3.20. The van der Waals surface area contributed by atoms with Crippen LogP contribution in [0.5, 0.6) is 0 Å². The molecule has 6 aromatic carbocycles. The Hall–Kier alpha value is -5.02. The van der Waals surface area contributed by atoms with E-state index in [1.165, 1.54) is 164 Å². The lowest BCUT2D eigenvalue weighted by atomic mass is 10.2. The minimum atomic E-state index is -7.06. The molecule has 0 radical (unpaired) electrons. The van der Waals surface area contributed by atoms with E-state index in [4.69, 9.17) is 7.81 Å². The molecule has 0 saturated heterocycles. The third kappa shape index (κ3) is 6.57. The van der Waals surface area contributed by atoms with E-state index < -0.39 is 53.8 Å². The van der Waals surface area contributed by atoms with Gasteiger partial charge in [0.25, 0.3) is 0 Å². The smallest absolute Gasteiger partial charge is 0.397 e. The van der Waals surface area contributed by atoms with Gasteiger partial charge in [-0.2, -0.15) is 34.8 Å². The van der Waals surface area contributed by atoms with E-state index in [2.05, 4.69) is 0 Å². The quantitative estimate of drug-likeness (QED) is 0.109. The Morgan fingerprint density at radius 3 is 0.907 bits per heavy atom. The number of carbonyl (C=O) groups excluding carboxylic acids is 1. The topological polar surface area (TPSA) is 69.7 Å². The van der Waals surface area contributed by atoms with Crippen LogP contribution in [0.25, 0.3) is 0 Å². The molecule has 0 amide bonds. The van der Waals surface area contributed by atoms with Gasteiger partial charge in [-0.1, -0.05) is 109 Å². The molecule has 0 heterocycles. The second kappa shape index (κ2) is 15.0. The van der Waals surface area contributed by atoms with Crippen molar-refractivity contribution in [3.05, 3.63) is 182 Å². The van der Waals surface area contributed by atoms with Gasteiger partial charge in [0.2, 0.25) is 0 Å². The van der Waals surface area contributed by atoms with Crippen LogP contribution in [-0.2, 0) is 22.7 Å². The molecule has 0 aliphatic rings. The fraction of sp³-hybridized carbons (Fsp3) is 0.0750. The summed E-state index contributed by atoms with van der Waals surface area (Å²) in [5.74, 6) is -16.4. The number of halogens is 6. The molecule has 0 N–H and O–H groups in total. The molecule has 0 bridgehead atoms. The zero-order chi connectivity index (χ0) is 38.7. The molecule has 0 aliphatic carbocycles. The lowest BCUT2D eigenvalue weighted by molar-refractivity contribution is -0.275.